The molecule has 5 nitrogen and oxygen atoms in total. The Morgan fingerprint density at radius 3 is 2.29 bits per heavy atom. The number of aryl methyl sites for hydroxylation is 1. The standard InChI is InChI=1S/C7H7ClO.C3H9NO3S/c1-5-4-6(9)2-3-7(5)8;1-4-2-3-8(5,6)7/h2-4,9H,1H3;4H,2-3H2,1H3,(H,5,6,7). The van der Waals surface area contributed by atoms with Crippen LogP contribution in [0, 0.1) is 6.92 Å². The highest BCUT2D eigenvalue weighted by atomic mass is 35.5. The Kier molecular flexibility index (Phi) is 7.13. The lowest BCUT2D eigenvalue weighted by molar-refractivity contribution is 0.474. The third-order valence-corrected chi connectivity index (χ3v) is 2.90. The summed E-state index contributed by atoms with van der Waals surface area (Å²) < 4.78 is 27.9. The van der Waals surface area contributed by atoms with Gasteiger partial charge >= 0.3 is 0 Å². The normalized spacial score (nSPS) is 10.6. The Morgan fingerprint density at radius 2 is 2.00 bits per heavy atom. The van der Waals surface area contributed by atoms with Crippen molar-refractivity contribution in [1.82, 2.24) is 5.32 Å². The molecule has 7 heteroatoms. The quantitative estimate of drug-likeness (QED) is 0.730. The monoisotopic (exact) mass is 281 g/mol. The van der Waals surface area contributed by atoms with E-state index in [4.69, 9.17) is 21.3 Å². The van der Waals surface area contributed by atoms with Crippen LogP contribution < -0.4 is 5.32 Å². The maximum absolute atomic E-state index is 9.91. The highest BCUT2D eigenvalue weighted by molar-refractivity contribution is 7.85. The van der Waals surface area contributed by atoms with E-state index in [-0.39, 0.29) is 11.5 Å². The first-order valence-electron chi connectivity index (χ1n) is 4.81. The van der Waals surface area contributed by atoms with Crippen LogP contribution >= 0.6 is 11.6 Å². The van der Waals surface area contributed by atoms with Gasteiger partial charge in [-0.3, -0.25) is 4.55 Å². The summed E-state index contributed by atoms with van der Waals surface area (Å²) in [5.41, 5.74) is 0.900. The minimum atomic E-state index is -3.75. The zero-order valence-corrected chi connectivity index (χ0v) is 11.2. The van der Waals surface area contributed by atoms with Gasteiger partial charge in [0, 0.05) is 11.6 Å². The van der Waals surface area contributed by atoms with Gasteiger partial charge < -0.3 is 10.4 Å². The molecule has 98 valence electrons. The average Bonchev–Trinajstić information content (AvgIpc) is 2.21. The van der Waals surface area contributed by atoms with E-state index < -0.39 is 10.1 Å². The van der Waals surface area contributed by atoms with Gasteiger partial charge in [-0.2, -0.15) is 8.42 Å². The summed E-state index contributed by atoms with van der Waals surface area (Å²) in [6.07, 6.45) is 0. The van der Waals surface area contributed by atoms with E-state index in [0.29, 0.717) is 11.6 Å². The van der Waals surface area contributed by atoms with Gasteiger partial charge in [-0.1, -0.05) is 11.6 Å². The van der Waals surface area contributed by atoms with Crippen molar-refractivity contribution in [3.8, 4) is 5.75 Å². The van der Waals surface area contributed by atoms with Crippen LogP contribution in [0.3, 0.4) is 0 Å². The van der Waals surface area contributed by atoms with Crippen LogP contribution in [0.5, 0.6) is 5.75 Å². The Labute approximate surface area is 106 Å². The number of hydrogen-bond acceptors (Lipinski definition) is 4. The molecule has 0 saturated carbocycles. The van der Waals surface area contributed by atoms with Gasteiger partial charge in [-0.25, -0.2) is 0 Å². The second kappa shape index (κ2) is 7.50. The molecule has 0 saturated heterocycles. The summed E-state index contributed by atoms with van der Waals surface area (Å²) in [6, 6.07) is 4.86. The first kappa shape index (κ1) is 16.2. The van der Waals surface area contributed by atoms with Crippen LogP contribution in [-0.4, -0.2) is 37.4 Å². The molecule has 1 rings (SSSR count). The second-order valence-electron chi connectivity index (χ2n) is 3.32. The number of aromatic hydroxyl groups is 1. The highest BCUT2D eigenvalue weighted by Gasteiger charge is 2.00. The fourth-order valence-electron chi connectivity index (χ4n) is 0.860. The lowest BCUT2D eigenvalue weighted by Gasteiger charge is -1.95. The summed E-state index contributed by atoms with van der Waals surface area (Å²) >= 11 is 5.67. The largest absolute Gasteiger partial charge is 0.508 e. The van der Waals surface area contributed by atoms with Crippen molar-refractivity contribution in [2.45, 2.75) is 6.92 Å². The van der Waals surface area contributed by atoms with E-state index in [1.165, 1.54) is 0 Å². The van der Waals surface area contributed by atoms with Crippen molar-refractivity contribution in [2.75, 3.05) is 19.3 Å². The number of phenolic OH excluding ortho intramolecular Hbond substituents is 1. The SMILES string of the molecule is CNCCS(=O)(=O)O.Cc1cc(O)ccc1Cl. The Hall–Kier alpha value is -0.820. The predicted octanol–water partition coefficient (Wildman–Crippen LogP) is 1.45. The van der Waals surface area contributed by atoms with Gasteiger partial charge in [0.1, 0.15) is 5.75 Å². The van der Waals surface area contributed by atoms with Crippen LogP contribution in [-0.2, 0) is 10.1 Å². The summed E-state index contributed by atoms with van der Waals surface area (Å²) in [4.78, 5) is 0. The zero-order valence-electron chi connectivity index (χ0n) is 9.64. The zero-order chi connectivity index (χ0) is 13.5. The van der Waals surface area contributed by atoms with Gasteiger partial charge in [0.05, 0.1) is 5.75 Å². The predicted molar refractivity (Wildman–Crippen MR) is 68.2 cm³/mol. The molecule has 17 heavy (non-hydrogen) atoms. The molecule has 0 amide bonds. The smallest absolute Gasteiger partial charge is 0.266 e. The van der Waals surface area contributed by atoms with Gasteiger partial charge in [-0.15, -0.1) is 0 Å². The van der Waals surface area contributed by atoms with E-state index in [1.54, 1.807) is 25.2 Å². The third-order valence-electron chi connectivity index (χ3n) is 1.75. The van der Waals surface area contributed by atoms with E-state index in [2.05, 4.69) is 5.32 Å². The van der Waals surface area contributed by atoms with E-state index in [9.17, 15) is 8.42 Å². The lowest BCUT2D eigenvalue weighted by Crippen LogP contribution is -2.18. The highest BCUT2D eigenvalue weighted by Crippen LogP contribution is 2.19. The van der Waals surface area contributed by atoms with Crippen LogP contribution in [0.1, 0.15) is 5.56 Å². The molecule has 1 aromatic rings. The van der Waals surface area contributed by atoms with Crippen molar-refractivity contribution in [2.24, 2.45) is 0 Å². The third kappa shape index (κ3) is 8.93. The number of rotatable bonds is 3. The van der Waals surface area contributed by atoms with Crippen molar-refractivity contribution in [1.29, 1.82) is 0 Å². The van der Waals surface area contributed by atoms with Crippen molar-refractivity contribution >= 4 is 21.7 Å². The molecule has 0 aromatic heterocycles. The minimum absolute atomic E-state index is 0.219. The van der Waals surface area contributed by atoms with Crippen molar-refractivity contribution < 1.29 is 18.1 Å². The lowest BCUT2D eigenvalue weighted by atomic mass is 10.2. The average molecular weight is 282 g/mol. The van der Waals surface area contributed by atoms with Crippen LogP contribution in [0.2, 0.25) is 5.02 Å². The number of hydrogen-bond donors (Lipinski definition) is 3. The molecule has 3 N–H and O–H groups in total. The number of phenols is 1. The second-order valence-corrected chi connectivity index (χ2v) is 5.30. The molecule has 0 spiro atoms. The molecule has 1 aromatic carbocycles. The Morgan fingerprint density at radius 1 is 1.41 bits per heavy atom. The molecular weight excluding hydrogens is 266 g/mol. The molecule has 0 radical (unpaired) electrons. The summed E-state index contributed by atoms with van der Waals surface area (Å²) in [5.74, 6) is 0.0423. The first-order valence-corrected chi connectivity index (χ1v) is 6.80. The van der Waals surface area contributed by atoms with Crippen molar-refractivity contribution in [3.63, 3.8) is 0 Å². The van der Waals surface area contributed by atoms with E-state index in [0.717, 1.165) is 5.56 Å². The van der Waals surface area contributed by atoms with Crippen LogP contribution in [0.4, 0.5) is 0 Å². The summed E-state index contributed by atoms with van der Waals surface area (Å²) in [6.45, 7) is 2.14. The summed E-state index contributed by atoms with van der Waals surface area (Å²) in [5, 5.41) is 12.2. The Balaban J connectivity index is 0.000000304. The topological polar surface area (TPSA) is 86.6 Å². The van der Waals surface area contributed by atoms with Gasteiger partial charge in [-0.05, 0) is 37.7 Å². The molecule has 0 atom stereocenters. The Bertz CT molecular complexity index is 448. The minimum Gasteiger partial charge on any atom is -0.508 e. The maximum atomic E-state index is 9.91. The molecule has 0 aliphatic carbocycles. The fourth-order valence-corrected chi connectivity index (χ4v) is 1.44. The number of benzene rings is 1. The molecule has 0 heterocycles. The maximum Gasteiger partial charge on any atom is 0.266 e. The van der Waals surface area contributed by atoms with Crippen LogP contribution in [0.15, 0.2) is 18.2 Å². The molecule has 0 unspecified atom stereocenters. The van der Waals surface area contributed by atoms with Gasteiger partial charge in [0.15, 0.2) is 0 Å². The van der Waals surface area contributed by atoms with Crippen molar-refractivity contribution in [3.05, 3.63) is 28.8 Å². The van der Waals surface area contributed by atoms with Gasteiger partial charge in [0.25, 0.3) is 10.1 Å². The first-order chi connectivity index (χ1) is 7.76. The molecular formula is C10H16ClNO4S. The molecule has 0 aliphatic rings. The van der Waals surface area contributed by atoms with Crippen LogP contribution in [0.25, 0.3) is 0 Å². The fraction of sp³-hybridized carbons (Fsp3) is 0.400. The van der Waals surface area contributed by atoms with E-state index >= 15 is 0 Å². The molecule has 0 aliphatic heterocycles. The number of nitrogens with one attached hydrogen (secondary N) is 1. The molecule has 0 bridgehead atoms. The van der Waals surface area contributed by atoms with Gasteiger partial charge in [0.2, 0.25) is 0 Å². The summed E-state index contributed by atoms with van der Waals surface area (Å²) in [7, 11) is -2.13. The van der Waals surface area contributed by atoms with E-state index in [1.807, 2.05) is 6.92 Å². The molecule has 0 fully saturated rings. The number of halogens is 1.